The van der Waals surface area contributed by atoms with E-state index in [4.69, 9.17) is 9.63 Å². The molecule has 1 aromatic heterocycles. The number of hydrogen-bond donors (Lipinski definition) is 1. The highest BCUT2D eigenvalue weighted by atomic mass is 16.5. The van der Waals surface area contributed by atoms with Crippen LogP contribution in [0, 0.1) is 0 Å². The molecule has 96 valence electrons. The largest absolute Gasteiger partial charge is 0.396 e. The molecule has 0 unspecified atom stereocenters. The van der Waals surface area contributed by atoms with Crippen LogP contribution in [0.3, 0.4) is 0 Å². The topological polar surface area (TPSA) is 62.4 Å². The maximum Gasteiger partial charge on any atom is 0.240 e. The van der Waals surface area contributed by atoms with E-state index in [9.17, 15) is 0 Å². The summed E-state index contributed by atoms with van der Waals surface area (Å²) in [6.45, 7) is 2.01. The summed E-state index contributed by atoms with van der Waals surface area (Å²) >= 11 is 0. The van der Waals surface area contributed by atoms with E-state index in [1.165, 1.54) is 12.8 Å². The Balaban J connectivity index is 1.67. The van der Waals surface area contributed by atoms with Gasteiger partial charge in [-0.05, 0) is 45.7 Å². The van der Waals surface area contributed by atoms with E-state index < -0.39 is 0 Å². The summed E-state index contributed by atoms with van der Waals surface area (Å²) in [4.78, 5) is 6.58. The van der Waals surface area contributed by atoms with Crippen molar-refractivity contribution < 1.29 is 9.63 Å². The normalized spacial score (nSPS) is 15.7. The second kappa shape index (κ2) is 6.12. The second-order valence-electron chi connectivity index (χ2n) is 4.84. The molecule has 0 atom stereocenters. The lowest BCUT2D eigenvalue weighted by Crippen LogP contribution is -2.19. The van der Waals surface area contributed by atoms with E-state index in [0.29, 0.717) is 5.92 Å². The van der Waals surface area contributed by atoms with Crippen LogP contribution in [-0.4, -0.2) is 40.3 Å². The van der Waals surface area contributed by atoms with Gasteiger partial charge in [-0.2, -0.15) is 4.98 Å². The minimum Gasteiger partial charge on any atom is -0.396 e. The van der Waals surface area contributed by atoms with Crippen molar-refractivity contribution in [1.29, 1.82) is 0 Å². The van der Waals surface area contributed by atoms with Crippen LogP contribution in [-0.2, 0) is 6.54 Å². The summed E-state index contributed by atoms with van der Waals surface area (Å²) in [6, 6.07) is 0. The molecule has 1 heterocycles. The predicted molar refractivity (Wildman–Crippen MR) is 63.5 cm³/mol. The standard InChI is InChI=1S/C12H21N3O2/c1-15(7-3-2-4-8-16)9-11-13-12(14-17-11)10-5-6-10/h10,16H,2-9H2,1H3. The quantitative estimate of drug-likeness (QED) is 0.697. The SMILES string of the molecule is CN(CCCCCO)Cc1nc(C2CC2)no1. The molecule has 0 spiro atoms. The molecule has 0 saturated heterocycles. The van der Waals surface area contributed by atoms with Crippen LogP contribution in [0.5, 0.6) is 0 Å². The highest BCUT2D eigenvalue weighted by Gasteiger charge is 2.28. The van der Waals surface area contributed by atoms with Crippen LogP contribution in [0.2, 0.25) is 0 Å². The number of unbranched alkanes of at least 4 members (excludes halogenated alkanes) is 2. The fraction of sp³-hybridized carbons (Fsp3) is 0.833. The van der Waals surface area contributed by atoms with Crippen LogP contribution < -0.4 is 0 Å². The Kier molecular flexibility index (Phi) is 4.50. The molecular weight excluding hydrogens is 218 g/mol. The average molecular weight is 239 g/mol. The van der Waals surface area contributed by atoms with E-state index in [1.54, 1.807) is 0 Å². The molecule has 1 aliphatic rings. The number of aliphatic hydroxyl groups excluding tert-OH is 1. The van der Waals surface area contributed by atoms with Gasteiger partial charge in [0.05, 0.1) is 6.54 Å². The molecule has 0 aromatic carbocycles. The third-order valence-electron chi connectivity index (χ3n) is 3.03. The van der Waals surface area contributed by atoms with Crippen molar-refractivity contribution in [3.8, 4) is 0 Å². The van der Waals surface area contributed by atoms with Gasteiger partial charge >= 0.3 is 0 Å². The van der Waals surface area contributed by atoms with Crippen molar-refractivity contribution in [2.24, 2.45) is 0 Å². The Bertz CT molecular complexity index is 336. The van der Waals surface area contributed by atoms with E-state index in [-0.39, 0.29) is 6.61 Å². The third-order valence-corrected chi connectivity index (χ3v) is 3.03. The Hall–Kier alpha value is -0.940. The number of rotatable bonds is 8. The number of hydrogen-bond acceptors (Lipinski definition) is 5. The van der Waals surface area contributed by atoms with Crippen molar-refractivity contribution in [3.05, 3.63) is 11.7 Å². The Morgan fingerprint density at radius 2 is 2.18 bits per heavy atom. The molecule has 0 aliphatic heterocycles. The Morgan fingerprint density at radius 3 is 2.88 bits per heavy atom. The molecule has 1 fully saturated rings. The van der Waals surface area contributed by atoms with Gasteiger partial charge < -0.3 is 9.63 Å². The minimum absolute atomic E-state index is 0.290. The van der Waals surface area contributed by atoms with E-state index in [1.807, 2.05) is 0 Å². The molecule has 1 aliphatic carbocycles. The lowest BCUT2D eigenvalue weighted by molar-refractivity contribution is 0.251. The lowest BCUT2D eigenvalue weighted by atomic mass is 10.2. The van der Waals surface area contributed by atoms with Gasteiger partial charge in [0, 0.05) is 12.5 Å². The third kappa shape index (κ3) is 4.09. The molecule has 5 heteroatoms. The molecule has 17 heavy (non-hydrogen) atoms. The summed E-state index contributed by atoms with van der Waals surface area (Å²) in [6.07, 6.45) is 5.46. The number of nitrogens with zero attached hydrogens (tertiary/aromatic N) is 3. The van der Waals surface area contributed by atoms with Gasteiger partial charge in [0.1, 0.15) is 0 Å². The van der Waals surface area contributed by atoms with Gasteiger partial charge in [-0.3, -0.25) is 4.90 Å². The van der Waals surface area contributed by atoms with Gasteiger partial charge in [-0.1, -0.05) is 5.16 Å². The summed E-state index contributed by atoms with van der Waals surface area (Å²) in [5, 5.41) is 12.7. The molecule has 1 saturated carbocycles. The first-order valence-corrected chi connectivity index (χ1v) is 6.41. The first-order valence-electron chi connectivity index (χ1n) is 6.41. The smallest absolute Gasteiger partial charge is 0.240 e. The molecule has 5 nitrogen and oxygen atoms in total. The van der Waals surface area contributed by atoms with E-state index >= 15 is 0 Å². The number of aromatic nitrogens is 2. The van der Waals surface area contributed by atoms with Gasteiger partial charge in [-0.15, -0.1) is 0 Å². The summed E-state index contributed by atoms with van der Waals surface area (Å²) in [5.41, 5.74) is 0. The van der Waals surface area contributed by atoms with Crippen molar-refractivity contribution in [2.75, 3.05) is 20.2 Å². The fourth-order valence-electron chi connectivity index (χ4n) is 1.82. The van der Waals surface area contributed by atoms with Gasteiger partial charge in [0.15, 0.2) is 5.82 Å². The van der Waals surface area contributed by atoms with Crippen LogP contribution >= 0.6 is 0 Å². The minimum atomic E-state index is 0.290. The molecule has 0 amide bonds. The van der Waals surface area contributed by atoms with Crippen molar-refractivity contribution >= 4 is 0 Å². The maximum absolute atomic E-state index is 8.68. The molecule has 1 aromatic rings. The van der Waals surface area contributed by atoms with Crippen LogP contribution in [0.25, 0.3) is 0 Å². The zero-order chi connectivity index (χ0) is 12.1. The van der Waals surface area contributed by atoms with Crippen LogP contribution in [0.15, 0.2) is 4.52 Å². The Labute approximate surface area is 102 Å². The highest BCUT2D eigenvalue weighted by molar-refractivity contribution is 5.03. The predicted octanol–water partition coefficient (Wildman–Crippen LogP) is 1.54. The van der Waals surface area contributed by atoms with Crippen LogP contribution in [0.1, 0.15) is 49.7 Å². The second-order valence-corrected chi connectivity index (χ2v) is 4.84. The maximum atomic E-state index is 8.68. The van der Waals surface area contributed by atoms with Gasteiger partial charge in [-0.25, -0.2) is 0 Å². The van der Waals surface area contributed by atoms with Gasteiger partial charge in [0.25, 0.3) is 0 Å². The Morgan fingerprint density at radius 1 is 1.35 bits per heavy atom. The van der Waals surface area contributed by atoms with Crippen LogP contribution in [0.4, 0.5) is 0 Å². The van der Waals surface area contributed by atoms with E-state index in [2.05, 4.69) is 22.1 Å². The van der Waals surface area contributed by atoms with Crippen molar-refractivity contribution in [1.82, 2.24) is 15.0 Å². The first-order chi connectivity index (χ1) is 8.29. The lowest BCUT2D eigenvalue weighted by Gasteiger charge is -2.13. The number of aliphatic hydroxyl groups is 1. The zero-order valence-corrected chi connectivity index (χ0v) is 10.4. The molecule has 1 N–H and O–H groups in total. The summed E-state index contributed by atoms with van der Waals surface area (Å²) in [7, 11) is 2.06. The average Bonchev–Trinajstić information content (AvgIpc) is 3.07. The highest BCUT2D eigenvalue weighted by Crippen LogP contribution is 2.38. The zero-order valence-electron chi connectivity index (χ0n) is 10.4. The molecule has 0 radical (unpaired) electrons. The monoisotopic (exact) mass is 239 g/mol. The van der Waals surface area contributed by atoms with Crippen molar-refractivity contribution in [2.45, 2.75) is 44.6 Å². The van der Waals surface area contributed by atoms with E-state index in [0.717, 1.165) is 44.1 Å². The van der Waals surface area contributed by atoms with Gasteiger partial charge in [0.2, 0.25) is 5.89 Å². The molecule has 2 rings (SSSR count). The first kappa shape index (κ1) is 12.5. The summed E-state index contributed by atoms with van der Waals surface area (Å²) < 4.78 is 5.22. The van der Waals surface area contributed by atoms with Crippen molar-refractivity contribution in [3.63, 3.8) is 0 Å². The summed E-state index contributed by atoms with van der Waals surface area (Å²) in [5.74, 6) is 2.16. The molecule has 0 bridgehead atoms. The molecular formula is C12H21N3O2. The fourth-order valence-corrected chi connectivity index (χ4v) is 1.82.